The van der Waals surface area contributed by atoms with Crippen molar-refractivity contribution in [2.75, 3.05) is 0 Å². The first-order valence-electron chi connectivity index (χ1n) is 8.42. The molecule has 1 saturated carbocycles. The van der Waals surface area contributed by atoms with Crippen LogP contribution < -0.4 is 10.1 Å². The Balaban J connectivity index is 1.51. The molecular formula is C20H21NO4. The van der Waals surface area contributed by atoms with Gasteiger partial charge in [0.05, 0.1) is 5.92 Å². The summed E-state index contributed by atoms with van der Waals surface area (Å²) in [7, 11) is 0. The van der Waals surface area contributed by atoms with Gasteiger partial charge >= 0.3 is 5.97 Å². The summed E-state index contributed by atoms with van der Waals surface area (Å²) in [6.45, 7) is 0.477. The molecule has 2 N–H and O–H groups in total. The summed E-state index contributed by atoms with van der Waals surface area (Å²) in [5.74, 6) is -0.603. The lowest BCUT2D eigenvalue weighted by molar-refractivity contribution is -0.141. The molecule has 0 aromatic heterocycles. The van der Waals surface area contributed by atoms with Crippen LogP contribution in [-0.4, -0.2) is 23.0 Å². The summed E-state index contributed by atoms with van der Waals surface area (Å²) in [6, 6.07) is 16.8. The maximum atomic E-state index is 12.3. The second-order valence-corrected chi connectivity index (χ2v) is 6.32. The highest BCUT2D eigenvalue weighted by Gasteiger charge is 2.30. The van der Waals surface area contributed by atoms with Crippen LogP contribution in [0, 0.1) is 5.92 Å². The Morgan fingerprint density at radius 1 is 1.04 bits per heavy atom. The fourth-order valence-corrected chi connectivity index (χ4v) is 3.05. The molecule has 2 aromatic rings. The van der Waals surface area contributed by atoms with Gasteiger partial charge in [0.25, 0.3) is 5.91 Å². The molecule has 0 unspecified atom stereocenters. The summed E-state index contributed by atoms with van der Waals surface area (Å²) in [5.41, 5.74) is 1.63. The van der Waals surface area contributed by atoms with Crippen LogP contribution in [0.5, 0.6) is 5.75 Å². The van der Waals surface area contributed by atoms with Crippen LogP contribution in [0.3, 0.4) is 0 Å². The number of rotatable bonds is 6. The maximum absolute atomic E-state index is 12.3. The van der Waals surface area contributed by atoms with Crippen molar-refractivity contribution in [1.29, 1.82) is 0 Å². The lowest BCUT2D eigenvalue weighted by Gasteiger charge is -2.13. The average molecular weight is 339 g/mol. The third-order valence-corrected chi connectivity index (χ3v) is 4.48. The number of hydrogen-bond donors (Lipinski definition) is 2. The molecular weight excluding hydrogens is 318 g/mol. The molecule has 130 valence electrons. The molecule has 0 aliphatic heterocycles. The Bertz CT molecular complexity index is 727. The molecule has 1 aliphatic carbocycles. The van der Waals surface area contributed by atoms with E-state index in [9.17, 15) is 9.59 Å². The van der Waals surface area contributed by atoms with Crippen LogP contribution in [-0.2, 0) is 11.4 Å². The van der Waals surface area contributed by atoms with Crippen molar-refractivity contribution in [3.05, 3.63) is 65.7 Å². The van der Waals surface area contributed by atoms with Crippen LogP contribution in [0.25, 0.3) is 0 Å². The number of nitrogens with one attached hydrogen (secondary N) is 1. The molecule has 2 aromatic carbocycles. The lowest BCUT2D eigenvalue weighted by atomic mass is 10.1. The van der Waals surface area contributed by atoms with Gasteiger partial charge in [0, 0.05) is 11.6 Å². The van der Waals surface area contributed by atoms with Gasteiger partial charge in [-0.2, -0.15) is 0 Å². The molecule has 1 fully saturated rings. The largest absolute Gasteiger partial charge is 0.489 e. The predicted octanol–water partition coefficient (Wildman–Crippen LogP) is 3.25. The third-order valence-electron chi connectivity index (χ3n) is 4.48. The number of carboxylic acids is 1. The van der Waals surface area contributed by atoms with E-state index in [1.54, 1.807) is 24.3 Å². The van der Waals surface area contributed by atoms with Crippen LogP contribution >= 0.6 is 0 Å². The molecule has 2 atom stereocenters. The Hall–Kier alpha value is -2.82. The number of carbonyl (C=O) groups is 2. The molecule has 1 amide bonds. The summed E-state index contributed by atoms with van der Waals surface area (Å²) in [6.07, 6.45) is 1.83. The number of carboxylic acid groups (broad SMARTS) is 1. The molecule has 3 rings (SSSR count). The highest BCUT2D eigenvalue weighted by Crippen LogP contribution is 2.26. The number of ether oxygens (including phenoxy) is 1. The number of benzene rings is 2. The normalized spacial score (nSPS) is 19.4. The van der Waals surface area contributed by atoms with E-state index in [0.29, 0.717) is 37.2 Å². The molecule has 25 heavy (non-hydrogen) atoms. The van der Waals surface area contributed by atoms with E-state index < -0.39 is 5.97 Å². The van der Waals surface area contributed by atoms with Gasteiger partial charge in [-0.05, 0) is 49.1 Å². The van der Waals surface area contributed by atoms with Gasteiger partial charge in [-0.1, -0.05) is 30.3 Å². The smallest absolute Gasteiger partial charge is 0.306 e. The minimum Gasteiger partial charge on any atom is -0.489 e. The van der Waals surface area contributed by atoms with Crippen LogP contribution in [0.15, 0.2) is 54.6 Å². The van der Waals surface area contributed by atoms with Gasteiger partial charge < -0.3 is 15.2 Å². The van der Waals surface area contributed by atoms with Gasteiger partial charge in [-0.25, -0.2) is 0 Å². The fraction of sp³-hybridized carbons (Fsp3) is 0.300. The monoisotopic (exact) mass is 339 g/mol. The summed E-state index contributed by atoms with van der Waals surface area (Å²) >= 11 is 0. The molecule has 0 saturated heterocycles. The minimum absolute atomic E-state index is 0.0670. The van der Waals surface area contributed by atoms with E-state index in [1.807, 2.05) is 30.3 Å². The zero-order chi connectivity index (χ0) is 17.6. The number of aliphatic carboxylic acids is 1. The van der Waals surface area contributed by atoms with Crippen molar-refractivity contribution in [2.24, 2.45) is 5.92 Å². The second kappa shape index (κ2) is 7.83. The van der Waals surface area contributed by atoms with Crippen molar-refractivity contribution in [2.45, 2.75) is 31.9 Å². The van der Waals surface area contributed by atoms with Crippen LogP contribution in [0.1, 0.15) is 35.2 Å². The molecule has 1 aliphatic rings. The fourth-order valence-electron chi connectivity index (χ4n) is 3.05. The number of amides is 1. The first-order valence-corrected chi connectivity index (χ1v) is 8.42. The van der Waals surface area contributed by atoms with E-state index in [-0.39, 0.29) is 17.9 Å². The molecule has 5 nitrogen and oxygen atoms in total. The standard InChI is InChI=1S/C20H21NO4/c22-19(21-17-9-6-16(12-17)20(23)24)15-7-10-18(11-8-15)25-13-14-4-2-1-3-5-14/h1-5,7-8,10-11,16-17H,6,9,12-13H2,(H,21,22)(H,23,24)/t16-,17+/m0/s1. The van der Waals surface area contributed by atoms with Gasteiger partial charge in [-0.15, -0.1) is 0 Å². The molecule has 0 radical (unpaired) electrons. The van der Waals surface area contributed by atoms with E-state index in [1.165, 1.54) is 0 Å². The Labute approximate surface area is 146 Å². The minimum atomic E-state index is -0.781. The van der Waals surface area contributed by atoms with Crippen LogP contribution in [0.4, 0.5) is 0 Å². The summed E-state index contributed by atoms with van der Waals surface area (Å²) < 4.78 is 5.70. The molecule has 5 heteroatoms. The molecule has 0 heterocycles. The second-order valence-electron chi connectivity index (χ2n) is 6.32. The van der Waals surface area contributed by atoms with E-state index in [4.69, 9.17) is 9.84 Å². The molecule has 0 spiro atoms. The Kier molecular flexibility index (Phi) is 5.33. The zero-order valence-electron chi connectivity index (χ0n) is 13.9. The maximum Gasteiger partial charge on any atom is 0.306 e. The average Bonchev–Trinajstić information content (AvgIpc) is 3.10. The zero-order valence-corrected chi connectivity index (χ0v) is 13.9. The Morgan fingerprint density at radius 2 is 1.76 bits per heavy atom. The SMILES string of the molecule is O=C(N[C@@H]1CC[C@H](C(=O)O)C1)c1ccc(OCc2ccccc2)cc1. The lowest BCUT2D eigenvalue weighted by Crippen LogP contribution is -2.33. The summed E-state index contributed by atoms with van der Waals surface area (Å²) in [5, 5.41) is 11.9. The summed E-state index contributed by atoms with van der Waals surface area (Å²) in [4.78, 5) is 23.2. The van der Waals surface area contributed by atoms with Crippen molar-refractivity contribution >= 4 is 11.9 Å². The molecule has 0 bridgehead atoms. The van der Waals surface area contributed by atoms with Gasteiger partial charge in [-0.3, -0.25) is 9.59 Å². The van der Waals surface area contributed by atoms with Crippen molar-refractivity contribution < 1.29 is 19.4 Å². The van der Waals surface area contributed by atoms with Crippen LogP contribution in [0.2, 0.25) is 0 Å². The quantitative estimate of drug-likeness (QED) is 0.847. The first kappa shape index (κ1) is 17.0. The topological polar surface area (TPSA) is 75.6 Å². The highest BCUT2D eigenvalue weighted by atomic mass is 16.5. The van der Waals surface area contributed by atoms with E-state index in [0.717, 1.165) is 5.56 Å². The van der Waals surface area contributed by atoms with Crippen molar-refractivity contribution in [1.82, 2.24) is 5.32 Å². The van der Waals surface area contributed by atoms with Gasteiger partial charge in [0.15, 0.2) is 0 Å². The highest BCUT2D eigenvalue weighted by molar-refractivity contribution is 5.94. The Morgan fingerprint density at radius 3 is 2.40 bits per heavy atom. The van der Waals surface area contributed by atoms with Crippen molar-refractivity contribution in [3.63, 3.8) is 0 Å². The van der Waals surface area contributed by atoms with E-state index in [2.05, 4.69) is 5.32 Å². The van der Waals surface area contributed by atoms with E-state index >= 15 is 0 Å². The third kappa shape index (κ3) is 4.59. The van der Waals surface area contributed by atoms with Gasteiger partial charge in [0.2, 0.25) is 0 Å². The number of hydrogen-bond acceptors (Lipinski definition) is 3. The van der Waals surface area contributed by atoms with Gasteiger partial charge in [0.1, 0.15) is 12.4 Å². The predicted molar refractivity (Wildman–Crippen MR) is 93.4 cm³/mol. The van der Waals surface area contributed by atoms with Crippen molar-refractivity contribution in [3.8, 4) is 5.75 Å². The first-order chi connectivity index (χ1) is 12.1. The number of carbonyl (C=O) groups excluding carboxylic acids is 1.